The van der Waals surface area contributed by atoms with Crippen LogP contribution in [0.4, 0.5) is 19.6 Å². The number of carbonyl (C=O) groups is 1. The largest absolute Gasteiger partial charge is 0.467 e. The minimum atomic E-state index is -0.823. The molecular formula is C16H14F2N4O2S2. The predicted molar refractivity (Wildman–Crippen MR) is 96.3 cm³/mol. The van der Waals surface area contributed by atoms with Crippen LogP contribution in [0.25, 0.3) is 0 Å². The lowest BCUT2D eigenvalue weighted by Crippen LogP contribution is -2.23. The highest BCUT2D eigenvalue weighted by atomic mass is 32.2. The van der Waals surface area contributed by atoms with Gasteiger partial charge in [-0.3, -0.25) is 4.79 Å². The molecule has 0 radical (unpaired) electrons. The molecule has 3 aromatic rings. The summed E-state index contributed by atoms with van der Waals surface area (Å²) < 4.78 is 33.0. The number of amides is 1. The van der Waals surface area contributed by atoms with Crippen LogP contribution >= 0.6 is 23.1 Å². The molecule has 2 heterocycles. The molecule has 1 atom stereocenters. The summed E-state index contributed by atoms with van der Waals surface area (Å²) in [5, 5.41) is 13.3. The normalized spacial score (nSPS) is 12.0. The molecule has 0 saturated heterocycles. The van der Waals surface area contributed by atoms with Gasteiger partial charge in [-0.15, -0.1) is 10.2 Å². The third kappa shape index (κ3) is 4.58. The van der Waals surface area contributed by atoms with Gasteiger partial charge in [0.25, 0.3) is 0 Å². The van der Waals surface area contributed by atoms with Crippen LogP contribution in [-0.2, 0) is 11.3 Å². The average Bonchev–Trinajstić information content (AvgIpc) is 3.28. The van der Waals surface area contributed by atoms with Gasteiger partial charge in [0.1, 0.15) is 23.1 Å². The first-order valence-corrected chi connectivity index (χ1v) is 9.24. The standard InChI is InChI=1S/C16H14F2N4O2S2/c1-9(14(23)20-13-11(17)5-2-6-12(13)18)25-16-22-21-15(26-16)19-8-10-4-3-7-24-10/h2-7,9H,8H2,1H3,(H,19,21)(H,20,23)/t9-/m0/s1. The van der Waals surface area contributed by atoms with Gasteiger partial charge in [-0.25, -0.2) is 8.78 Å². The minimum absolute atomic E-state index is 0.456. The van der Waals surface area contributed by atoms with Crippen LogP contribution in [0.15, 0.2) is 45.4 Å². The van der Waals surface area contributed by atoms with Crippen molar-refractivity contribution in [3.8, 4) is 0 Å². The van der Waals surface area contributed by atoms with Crippen LogP contribution < -0.4 is 10.6 Å². The number of thioether (sulfide) groups is 1. The molecule has 0 bridgehead atoms. The van der Waals surface area contributed by atoms with Crippen LogP contribution in [0.5, 0.6) is 0 Å². The Kier molecular flexibility index (Phi) is 5.84. The first-order chi connectivity index (χ1) is 12.5. The lowest BCUT2D eigenvalue weighted by atomic mass is 10.3. The molecule has 26 heavy (non-hydrogen) atoms. The van der Waals surface area contributed by atoms with Gasteiger partial charge in [0.15, 0.2) is 4.34 Å². The zero-order chi connectivity index (χ0) is 18.5. The van der Waals surface area contributed by atoms with E-state index in [4.69, 9.17) is 4.42 Å². The second-order valence-corrected chi connectivity index (χ2v) is 7.72. The molecule has 3 rings (SSSR count). The Hall–Kier alpha value is -2.46. The number of carbonyl (C=O) groups excluding carboxylic acids is 1. The molecule has 0 spiro atoms. The fraction of sp³-hybridized carbons (Fsp3) is 0.188. The summed E-state index contributed by atoms with van der Waals surface area (Å²) >= 11 is 2.42. The number of nitrogens with one attached hydrogen (secondary N) is 2. The third-order valence-corrected chi connectivity index (χ3v) is 5.32. The van der Waals surface area contributed by atoms with E-state index in [1.54, 1.807) is 19.3 Å². The summed E-state index contributed by atoms with van der Waals surface area (Å²) in [6, 6.07) is 7.02. The number of anilines is 2. The van der Waals surface area contributed by atoms with E-state index in [1.807, 2.05) is 6.07 Å². The van der Waals surface area contributed by atoms with Gasteiger partial charge >= 0.3 is 0 Å². The Morgan fingerprint density at radius 3 is 2.73 bits per heavy atom. The lowest BCUT2D eigenvalue weighted by molar-refractivity contribution is -0.115. The molecule has 2 aromatic heterocycles. The summed E-state index contributed by atoms with van der Waals surface area (Å²) in [4.78, 5) is 12.2. The van der Waals surface area contributed by atoms with Gasteiger partial charge in [0.05, 0.1) is 18.1 Å². The summed E-state index contributed by atoms with van der Waals surface area (Å²) in [5.41, 5.74) is -0.456. The van der Waals surface area contributed by atoms with E-state index in [9.17, 15) is 13.6 Å². The number of furan rings is 1. The van der Waals surface area contributed by atoms with Gasteiger partial charge in [0.2, 0.25) is 11.0 Å². The molecule has 0 aliphatic heterocycles. The summed E-state index contributed by atoms with van der Waals surface area (Å²) in [5.74, 6) is -1.42. The lowest BCUT2D eigenvalue weighted by Gasteiger charge is -2.11. The fourth-order valence-electron chi connectivity index (χ4n) is 1.95. The van der Waals surface area contributed by atoms with Crippen molar-refractivity contribution in [2.24, 2.45) is 0 Å². The Morgan fingerprint density at radius 1 is 1.27 bits per heavy atom. The second kappa shape index (κ2) is 8.28. The number of hydrogen-bond donors (Lipinski definition) is 2. The number of aromatic nitrogens is 2. The Balaban J connectivity index is 1.55. The van der Waals surface area contributed by atoms with Gasteiger partial charge in [-0.1, -0.05) is 29.2 Å². The topological polar surface area (TPSA) is 80.1 Å². The second-order valence-electron chi connectivity index (χ2n) is 5.15. The molecule has 1 aromatic carbocycles. The molecular weight excluding hydrogens is 382 g/mol. The molecule has 10 heteroatoms. The van der Waals surface area contributed by atoms with Crippen molar-refractivity contribution >= 4 is 39.8 Å². The molecule has 6 nitrogen and oxygen atoms in total. The zero-order valence-corrected chi connectivity index (χ0v) is 15.2. The summed E-state index contributed by atoms with van der Waals surface area (Å²) in [7, 11) is 0. The van der Waals surface area contributed by atoms with E-state index in [0.29, 0.717) is 16.0 Å². The van der Waals surface area contributed by atoms with E-state index < -0.39 is 28.5 Å². The van der Waals surface area contributed by atoms with Crippen molar-refractivity contribution in [3.63, 3.8) is 0 Å². The number of halogens is 2. The van der Waals surface area contributed by atoms with Crippen molar-refractivity contribution in [1.82, 2.24) is 10.2 Å². The van der Waals surface area contributed by atoms with Crippen LogP contribution in [0.1, 0.15) is 12.7 Å². The predicted octanol–water partition coefficient (Wildman–Crippen LogP) is 4.14. The minimum Gasteiger partial charge on any atom is -0.467 e. The van der Waals surface area contributed by atoms with Crippen molar-refractivity contribution < 1.29 is 18.0 Å². The van der Waals surface area contributed by atoms with Crippen LogP contribution in [0, 0.1) is 11.6 Å². The average molecular weight is 396 g/mol. The van der Waals surface area contributed by atoms with E-state index in [1.165, 1.54) is 17.4 Å². The molecule has 1 amide bonds. The van der Waals surface area contributed by atoms with E-state index >= 15 is 0 Å². The third-order valence-electron chi connectivity index (χ3n) is 3.26. The fourth-order valence-corrected chi connectivity index (χ4v) is 3.84. The van der Waals surface area contributed by atoms with Gasteiger partial charge in [-0.05, 0) is 31.2 Å². The Bertz CT molecular complexity index is 866. The summed E-state index contributed by atoms with van der Waals surface area (Å²) in [6.07, 6.45) is 1.58. The molecule has 0 unspecified atom stereocenters. The molecule has 2 N–H and O–H groups in total. The van der Waals surface area contributed by atoms with Crippen LogP contribution in [0.3, 0.4) is 0 Å². The van der Waals surface area contributed by atoms with E-state index in [2.05, 4.69) is 20.8 Å². The summed E-state index contributed by atoms with van der Waals surface area (Å²) in [6.45, 7) is 2.09. The number of hydrogen-bond acceptors (Lipinski definition) is 7. The Morgan fingerprint density at radius 2 is 2.04 bits per heavy atom. The first-order valence-electron chi connectivity index (χ1n) is 7.54. The number of rotatable bonds is 7. The maximum atomic E-state index is 13.6. The molecule has 0 aliphatic rings. The van der Waals surface area contributed by atoms with E-state index in [0.717, 1.165) is 29.7 Å². The van der Waals surface area contributed by atoms with Gasteiger partial charge in [-0.2, -0.15) is 0 Å². The number of nitrogens with zero attached hydrogens (tertiary/aromatic N) is 2. The van der Waals surface area contributed by atoms with Crippen molar-refractivity contribution in [1.29, 1.82) is 0 Å². The van der Waals surface area contributed by atoms with Crippen LogP contribution in [0.2, 0.25) is 0 Å². The Labute approximate surface area is 156 Å². The zero-order valence-electron chi connectivity index (χ0n) is 13.5. The maximum absolute atomic E-state index is 13.6. The van der Waals surface area contributed by atoms with E-state index in [-0.39, 0.29) is 0 Å². The smallest absolute Gasteiger partial charge is 0.237 e. The molecule has 0 saturated carbocycles. The van der Waals surface area contributed by atoms with Crippen molar-refractivity contribution in [2.75, 3.05) is 10.6 Å². The monoisotopic (exact) mass is 396 g/mol. The molecule has 0 fully saturated rings. The maximum Gasteiger partial charge on any atom is 0.237 e. The highest BCUT2D eigenvalue weighted by Gasteiger charge is 2.20. The van der Waals surface area contributed by atoms with Crippen LogP contribution in [-0.4, -0.2) is 21.4 Å². The molecule has 136 valence electrons. The highest BCUT2D eigenvalue weighted by molar-refractivity contribution is 8.02. The van der Waals surface area contributed by atoms with Gasteiger partial charge < -0.3 is 15.1 Å². The van der Waals surface area contributed by atoms with Gasteiger partial charge in [0, 0.05) is 0 Å². The SMILES string of the molecule is C[C@H](Sc1nnc(NCc2ccco2)s1)C(=O)Nc1c(F)cccc1F. The quantitative estimate of drug-likeness (QED) is 0.584. The first kappa shape index (κ1) is 18.3. The van der Waals surface area contributed by atoms with Crippen molar-refractivity contribution in [2.45, 2.75) is 23.1 Å². The van der Waals surface area contributed by atoms with Crippen molar-refractivity contribution in [3.05, 3.63) is 54.0 Å². The molecule has 0 aliphatic carbocycles. The highest BCUT2D eigenvalue weighted by Crippen LogP contribution is 2.30. The number of benzene rings is 1. The number of para-hydroxylation sites is 1.